The Morgan fingerprint density at radius 3 is 1.19 bits per heavy atom. The SMILES string of the molecule is C#Cc1ccc2c(-c3c(OC)ccc4c(C#C)c(C#C)ccc34)c(OC)ccc2c1C#C. The van der Waals surface area contributed by atoms with Crippen molar-refractivity contribution in [2.45, 2.75) is 0 Å². The fraction of sp³-hybridized carbons (Fsp3) is 0.0667. The third-order valence-electron chi connectivity index (χ3n) is 5.61. The minimum Gasteiger partial charge on any atom is -0.496 e. The summed E-state index contributed by atoms with van der Waals surface area (Å²) in [6.07, 6.45) is 23.0. The Bertz CT molecular complexity index is 1450. The molecule has 4 rings (SSSR count). The monoisotopic (exact) mass is 410 g/mol. The molecule has 0 unspecified atom stereocenters. The van der Waals surface area contributed by atoms with E-state index in [2.05, 4.69) is 23.7 Å². The lowest BCUT2D eigenvalue weighted by Crippen LogP contribution is -1.97. The molecule has 0 atom stereocenters. The lowest BCUT2D eigenvalue weighted by atomic mass is 9.88. The number of methoxy groups -OCH3 is 2. The summed E-state index contributed by atoms with van der Waals surface area (Å²) in [5, 5.41) is 3.50. The number of rotatable bonds is 3. The summed E-state index contributed by atoms with van der Waals surface area (Å²) >= 11 is 0. The molecule has 0 aliphatic rings. The van der Waals surface area contributed by atoms with Gasteiger partial charge in [-0.25, -0.2) is 0 Å². The van der Waals surface area contributed by atoms with Crippen LogP contribution in [0.3, 0.4) is 0 Å². The van der Waals surface area contributed by atoms with E-state index >= 15 is 0 Å². The summed E-state index contributed by atoms with van der Waals surface area (Å²) in [4.78, 5) is 0. The first kappa shape index (κ1) is 20.5. The van der Waals surface area contributed by atoms with E-state index in [-0.39, 0.29) is 0 Å². The van der Waals surface area contributed by atoms with Crippen LogP contribution in [0.5, 0.6) is 11.5 Å². The molecule has 32 heavy (non-hydrogen) atoms. The van der Waals surface area contributed by atoms with Crippen LogP contribution in [0.1, 0.15) is 22.3 Å². The van der Waals surface area contributed by atoms with Crippen LogP contribution in [0.4, 0.5) is 0 Å². The Labute approximate surface area is 188 Å². The summed E-state index contributed by atoms with van der Waals surface area (Å²) in [7, 11) is 3.26. The summed E-state index contributed by atoms with van der Waals surface area (Å²) < 4.78 is 11.5. The van der Waals surface area contributed by atoms with Crippen LogP contribution in [-0.2, 0) is 0 Å². The van der Waals surface area contributed by atoms with Gasteiger partial charge >= 0.3 is 0 Å². The Balaban J connectivity index is 2.26. The van der Waals surface area contributed by atoms with Crippen molar-refractivity contribution in [3.8, 4) is 72.0 Å². The Morgan fingerprint density at radius 1 is 0.500 bits per heavy atom. The minimum atomic E-state index is 0.659. The van der Waals surface area contributed by atoms with Crippen molar-refractivity contribution >= 4 is 21.5 Å². The Kier molecular flexibility index (Phi) is 5.24. The number of ether oxygens (including phenoxy) is 2. The third-order valence-corrected chi connectivity index (χ3v) is 5.61. The molecule has 150 valence electrons. The van der Waals surface area contributed by atoms with Crippen molar-refractivity contribution in [1.29, 1.82) is 0 Å². The van der Waals surface area contributed by atoms with Gasteiger partial charge < -0.3 is 9.47 Å². The van der Waals surface area contributed by atoms with Gasteiger partial charge in [0.25, 0.3) is 0 Å². The van der Waals surface area contributed by atoms with Crippen molar-refractivity contribution < 1.29 is 9.47 Å². The lowest BCUT2D eigenvalue weighted by Gasteiger charge is -2.19. The number of hydrogen-bond acceptors (Lipinski definition) is 2. The first-order valence-corrected chi connectivity index (χ1v) is 9.77. The smallest absolute Gasteiger partial charge is 0.127 e. The van der Waals surface area contributed by atoms with Gasteiger partial charge in [0.05, 0.1) is 14.2 Å². The van der Waals surface area contributed by atoms with Gasteiger partial charge in [-0.2, -0.15) is 0 Å². The maximum atomic E-state index is 5.83. The first-order chi connectivity index (χ1) is 15.6. The summed E-state index contributed by atoms with van der Waals surface area (Å²) in [5.41, 5.74) is 4.32. The zero-order chi connectivity index (χ0) is 22.8. The number of fused-ring (bicyclic) bond motifs is 2. The molecule has 0 N–H and O–H groups in total. The van der Waals surface area contributed by atoms with Crippen LogP contribution < -0.4 is 9.47 Å². The quantitative estimate of drug-likeness (QED) is 0.409. The molecule has 0 aliphatic heterocycles. The minimum absolute atomic E-state index is 0.659. The second-order valence-electron chi connectivity index (χ2n) is 7.03. The van der Waals surface area contributed by atoms with E-state index < -0.39 is 0 Å². The Morgan fingerprint density at radius 2 is 0.875 bits per heavy atom. The average molecular weight is 410 g/mol. The molecule has 4 aromatic rings. The van der Waals surface area contributed by atoms with Crippen molar-refractivity contribution in [3.05, 3.63) is 70.8 Å². The van der Waals surface area contributed by atoms with Gasteiger partial charge in [0.15, 0.2) is 0 Å². The van der Waals surface area contributed by atoms with Crippen LogP contribution in [0, 0.1) is 49.4 Å². The van der Waals surface area contributed by atoms with Crippen LogP contribution in [0.2, 0.25) is 0 Å². The van der Waals surface area contributed by atoms with E-state index in [9.17, 15) is 0 Å². The molecule has 0 radical (unpaired) electrons. The topological polar surface area (TPSA) is 18.5 Å². The normalized spacial score (nSPS) is 10.1. The molecule has 0 fully saturated rings. The van der Waals surface area contributed by atoms with E-state index in [4.69, 9.17) is 35.2 Å². The molecule has 0 saturated heterocycles. The molecule has 0 aliphatic carbocycles. The largest absolute Gasteiger partial charge is 0.496 e. The lowest BCUT2D eigenvalue weighted by molar-refractivity contribution is 0.411. The van der Waals surface area contributed by atoms with Gasteiger partial charge in [-0.3, -0.25) is 0 Å². The molecule has 0 amide bonds. The zero-order valence-corrected chi connectivity index (χ0v) is 17.7. The standard InChI is InChI=1S/C30H18O2/c1-7-19-11-13-25-23(21(19)9-3)15-17-27(31-5)29(25)30-26-14-12-20(8-2)22(10-4)24(26)16-18-28(30)32-6/h1-4,11-18H,5-6H3. The summed E-state index contributed by atoms with van der Waals surface area (Å²) in [5.74, 6) is 12.2. The fourth-order valence-electron chi connectivity index (χ4n) is 4.18. The van der Waals surface area contributed by atoms with Crippen molar-refractivity contribution in [2.75, 3.05) is 14.2 Å². The highest BCUT2D eigenvalue weighted by atomic mass is 16.5. The van der Waals surface area contributed by atoms with Gasteiger partial charge in [0.1, 0.15) is 11.5 Å². The van der Waals surface area contributed by atoms with Gasteiger partial charge in [0.2, 0.25) is 0 Å². The van der Waals surface area contributed by atoms with E-state index in [1.807, 2.05) is 48.5 Å². The molecule has 0 heterocycles. The van der Waals surface area contributed by atoms with Crippen molar-refractivity contribution in [1.82, 2.24) is 0 Å². The van der Waals surface area contributed by atoms with Crippen LogP contribution in [-0.4, -0.2) is 14.2 Å². The summed E-state index contributed by atoms with van der Waals surface area (Å²) in [6, 6.07) is 15.2. The van der Waals surface area contributed by atoms with Crippen molar-refractivity contribution in [3.63, 3.8) is 0 Å². The van der Waals surface area contributed by atoms with Crippen molar-refractivity contribution in [2.24, 2.45) is 0 Å². The number of hydrogen-bond donors (Lipinski definition) is 0. The van der Waals surface area contributed by atoms with Gasteiger partial charge in [0, 0.05) is 33.4 Å². The third kappa shape index (κ3) is 2.92. The molecule has 0 bridgehead atoms. The predicted molar refractivity (Wildman–Crippen MR) is 132 cm³/mol. The second kappa shape index (κ2) is 8.17. The van der Waals surface area contributed by atoms with E-state index in [1.165, 1.54) is 0 Å². The Hall–Kier alpha value is -4.76. The highest BCUT2D eigenvalue weighted by molar-refractivity contribution is 6.12. The maximum Gasteiger partial charge on any atom is 0.127 e. The number of benzene rings is 4. The average Bonchev–Trinajstić information content (AvgIpc) is 2.85. The molecule has 0 spiro atoms. The molecule has 2 heteroatoms. The predicted octanol–water partition coefficient (Wildman–Crippen LogP) is 5.60. The molecular formula is C30H18O2. The molecular weight excluding hydrogens is 392 g/mol. The highest BCUT2D eigenvalue weighted by Gasteiger charge is 2.21. The van der Waals surface area contributed by atoms with Crippen LogP contribution in [0.15, 0.2) is 48.5 Å². The second-order valence-corrected chi connectivity index (χ2v) is 7.03. The summed E-state index contributed by atoms with van der Waals surface area (Å²) in [6.45, 7) is 0. The molecule has 4 aromatic carbocycles. The molecule has 2 nitrogen and oxygen atoms in total. The van der Waals surface area contributed by atoms with E-state index in [0.717, 1.165) is 32.7 Å². The molecule has 0 aromatic heterocycles. The van der Waals surface area contributed by atoms with Crippen LogP contribution >= 0.6 is 0 Å². The van der Waals surface area contributed by atoms with Gasteiger partial charge in [-0.05, 0) is 57.9 Å². The molecule has 0 saturated carbocycles. The number of terminal acetylenes is 4. The van der Waals surface area contributed by atoms with E-state index in [1.54, 1.807) is 14.2 Å². The zero-order valence-electron chi connectivity index (χ0n) is 17.7. The first-order valence-electron chi connectivity index (χ1n) is 9.77. The fourth-order valence-corrected chi connectivity index (χ4v) is 4.18. The van der Waals surface area contributed by atoms with E-state index in [0.29, 0.717) is 33.8 Å². The van der Waals surface area contributed by atoms with Crippen LogP contribution in [0.25, 0.3) is 32.7 Å². The van der Waals surface area contributed by atoms with Gasteiger partial charge in [-0.1, -0.05) is 35.8 Å². The van der Waals surface area contributed by atoms with Gasteiger partial charge in [-0.15, -0.1) is 25.7 Å². The maximum absolute atomic E-state index is 5.83. The highest BCUT2D eigenvalue weighted by Crippen LogP contribution is 2.46.